The highest BCUT2D eigenvalue weighted by Crippen LogP contribution is 2.33. The number of nitrogens with zero attached hydrogens (tertiary/aromatic N) is 1. The van der Waals surface area contributed by atoms with Crippen LogP contribution in [0, 0.1) is 5.92 Å². The molecule has 1 heterocycles. The van der Waals surface area contributed by atoms with E-state index in [9.17, 15) is 4.39 Å². The molecule has 1 nitrogen and oxygen atoms in total. The molecule has 0 radical (unpaired) electrons. The van der Waals surface area contributed by atoms with Crippen molar-refractivity contribution < 1.29 is 4.39 Å². The highest BCUT2D eigenvalue weighted by atomic mass is 19.1. The smallest absolute Gasteiger partial charge is 0.121 e. The van der Waals surface area contributed by atoms with Crippen LogP contribution in [0.5, 0.6) is 0 Å². The SMILES string of the molecule is C=C(C)C(F)CCCCN1C(=C)CC(C)C1=C. The summed E-state index contributed by atoms with van der Waals surface area (Å²) in [6, 6.07) is 0. The minimum absolute atomic E-state index is 0.506. The van der Waals surface area contributed by atoms with Crippen LogP contribution in [0.2, 0.25) is 0 Å². The molecule has 1 fully saturated rings. The van der Waals surface area contributed by atoms with Gasteiger partial charge in [0, 0.05) is 23.9 Å². The van der Waals surface area contributed by atoms with Crippen LogP contribution in [-0.4, -0.2) is 17.6 Å². The Morgan fingerprint density at radius 1 is 1.47 bits per heavy atom. The molecule has 2 unspecified atom stereocenters. The summed E-state index contributed by atoms with van der Waals surface area (Å²) in [5.74, 6) is 0.506. The van der Waals surface area contributed by atoms with Crippen LogP contribution in [0.1, 0.15) is 39.5 Å². The van der Waals surface area contributed by atoms with Crippen molar-refractivity contribution in [1.82, 2.24) is 4.90 Å². The molecule has 0 aromatic carbocycles. The fourth-order valence-corrected chi connectivity index (χ4v) is 2.19. The van der Waals surface area contributed by atoms with Crippen LogP contribution < -0.4 is 0 Å². The van der Waals surface area contributed by atoms with Crippen LogP contribution in [0.4, 0.5) is 4.39 Å². The number of hydrogen-bond acceptors (Lipinski definition) is 1. The Labute approximate surface area is 105 Å². The molecule has 0 aliphatic carbocycles. The van der Waals surface area contributed by atoms with Crippen molar-refractivity contribution in [1.29, 1.82) is 0 Å². The molecule has 1 aliphatic rings. The highest BCUT2D eigenvalue weighted by molar-refractivity contribution is 5.18. The summed E-state index contributed by atoms with van der Waals surface area (Å²) in [5.41, 5.74) is 2.94. The van der Waals surface area contributed by atoms with Gasteiger partial charge in [-0.2, -0.15) is 0 Å². The van der Waals surface area contributed by atoms with Gasteiger partial charge in [0.05, 0.1) is 0 Å². The normalized spacial score (nSPS) is 22.1. The van der Waals surface area contributed by atoms with E-state index in [0.717, 1.165) is 37.2 Å². The van der Waals surface area contributed by atoms with Gasteiger partial charge in [0.15, 0.2) is 0 Å². The molecule has 1 rings (SSSR count). The molecular formula is C15H24FN. The van der Waals surface area contributed by atoms with Crippen LogP contribution in [-0.2, 0) is 0 Å². The van der Waals surface area contributed by atoms with Gasteiger partial charge in [-0.05, 0) is 38.2 Å². The highest BCUT2D eigenvalue weighted by Gasteiger charge is 2.25. The van der Waals surface area contributed by atoms with Gasteiger partial charge < -0.3 is 4.90 Å². The van der Waals surface area contributed by atoms with E-state index in [2.05, 4.69) is 31.6 Å². The number of likely N-dealkylation sites (tertiary alicyclic amines) is 1. The third-order valence-electron chi connectivity index (χ3n) is 3.46. The maximum atomic E-state index is 13.3. The van der Waals surface area contributed by atoms with Crippen molar-refractivity contribution in [3.8, 4) is 0 Å². The monoisotopic (exact) mass is 237 g/mol. The van der Waals surface area contributed by atoms with Gasteiger partial charge in [-0.1, -0.05) is 26.7 Å². The van der Waals surface area contributed by atoms with Crippen molar-refractivity contribution in [3.05, 3.63) is 36.7 Å². The quantitative estimate of drug-likeness (QED) is 0.487. The molecule has 0 aromatic heterocycles. The van der Waals surface area contributed by atoms with E-state index in [4.69, 9.17) is 0 Å². The van der Waals surface area contributed by atoms with E-state index in [1.165, 1.54) is 0 Å². The summed E-state index contributed by atoms with van der Waals surface area (Å²) in [7, 11) is 0. The number of allylic oxidation sites excluding steroid dienone is 3. The molecule has 1 aliphatic heterocycles. The molecule has 0 spiro atoms. The zero-order valence-corrected chi connectivity index (χ0v) is 11.1. The van der Waals surface area contributed by atoms with Crippen molar-refractivity contribution in [2.45, 2.75) is 45.7 Å². The molecule has 0 bridgehead atoms. The fraction of sp³-hybridized carbons (Fsp3) is 0.600. The van der Waals surface area contributed by atoms with Crippen molar-refractivity contribution in [2.75, 3.05) is 6.54 Å². The lowest BCUT2D eigenvalue weighted by molar-refractivity contribution is 0.340. The summed E-state index contributed by atoms with van der Waals surface area (Å²) in [5, 5.41) is 0. The summed E-state index contributed by atoms with van der Waals surface area (Å²) >= 11 is 0. The molecular weight excluding hydrogens is 213 g/mol. The van der Waals surface area contributed by atoms with Gasteiger partial charge in [-0.25, -0.2) is 4.39 Å². The average molecular weight is 237 g/mol. The lowest BCUT2D eigenvalue weighted by Crippen LogP contribution is -2.17. The van der Waals surface area contributed by atoms with E-state index in [0.29, 0.717) is 17.9 Å². The average Bonchev–Trinajstić information content (AvgIpc) is 2.49. The first kappa shape index (κ1) is 14.0. The zero-order chi connectivity index (χ0) is 13.0. The summed E-state index contributed by atoms with van der Waals surface area (Å²) in [6.45, 7) is 16.6. The molecule has 17 heavy (non-hydrogen) atoms. The standard InChI is InChI=1S/C15H24FN/c1-11(2)15(16)8-6-7-9-17-13(4)10-12(3)14(17)5/h12,15H,1,4-10H2,2-3H3. The van der Waals surface area contributed by atoms with Gasteiger partial charge in [-0.3, -0.25) is 0 Å². The lowest BCUT2D eigenvalue weighted by atomic mass is 10.1. The number of rotatable bonds is 6. The summed E-state index contributed by atoms with van der Waals surface area (Å²) < 4.78 is 13.3. The first-order valence-corrected chi connectivity index (χ1v) is 6.37. The molecule has 0 aromatic rings. The third-order valence-corrected chi connectivity index (χ3v) is 3.46. The van der Waals surface area contributed by atoms with E-state index in [1.54, 1.807) is 6.92 Å². The lowest BCUT2D eigenvalue weighted by Gasteiger charge is -2.21. The second kappa shape index (κ2) is 6.04. The topological polar surface area (TPSA) is 3.24 Å². The Morgan fingerprint density at radius 3 is 2.59 bits per heavy atom. The van der Waals surface area contributed by atoms with Crippen molar-refractivity contribution in [3.63, 3.8) is 0 Å². The van der Waals surface area contributed by atoms with Gasteiger partial charge in [0.1, 0.15) is 6.17 Å². The molecule has 0 saturated carbocycles. The maximum absolute atomic E-state index is 13.3. The first-order valence-electron chi connectivity index (χ1n) is 6.37. The Kier molecular flexibility index (Phi) is 4.98. The number of hydrogen-bond donors (Lipinski definition) is 0. The van der Waals surface area contributed by atoms with Gasteiger partial charge in [0.2, 0.25) is 0 Å². The molecule has 2 atom stereocenters. The van der Waals surface area contributed by atoms with Gasteiger partial charge in [0.25, 0.3) is 0 Å². The fourth-order valence-electron chi connectivity index (χ4n) is 2.19. The molecule has 2 heteroatoms. The number of alkyl halides is 1. The van der Waals surface area contributed by atoms with E-state index in [-0.39, 0.29) is 0 Å². The van der Waals surface area contributed by atoms with Crippen LogP contribution in [0.15, 0.2) is 36.7 Å². The van der Waals surface area contributed by atoms with Gasteiger partial charge >= 0.3 is 0 Å². The molecule has 96 valence electrons. The third kappa shape index (κ3) is 3.72. The first-order chi connectivity index (χ1) is 7.93. The maximum Gasteiger partial charge on any atom is 0.121 e. The van der Waals surface area contributed by atoms with Crippen LogP contribution >= 0.6 is 0 Å². The molecule has 1 saturated heterocycles. The van der Waals surface area contributed by atoms with Crippen molar-refractivity contribution in [2.24, 2.45) is 5.92 Å². The van der Waals surface area contributed by atoms with Crippen LogP contribution in [0.3, 0.4) is 0 Å². The summed E-state index contributed by atoms with van der Waals surface area (Å²) in [4.78, 5) is 2.19. The van der Waals surface area contributed by atoms with E-state index < -0.39 is 6.17 Å². The van der Waals surface area contributed by atoms with Crippen LogP contribution in [0.25, 0.3) is 0 Å². The second-order valence-electron chi connectivity index (χ2n) is 5.12. The van der Waals surface area contributed by atoms with Crippen molar-refractivity contribution >= 4 is 0 Å². The van der Waals surface area contributed by atoms with E-state index in [1.807, 2.05) is 0 Å². The number of halogens is 1. The predicted octanol–water partition coefficient (Wildman–Crippen LogP) is 4.44. The Morgan fingerprint density at radius 2 is 2.12 bits per heavy atom. The minimum atomic E-state index is -0.848. The second-order valence-corrected chi connectivity index (χ2v) is 5.12. The number of unbranched alkanes of at least 4 members (excludes halogenated alkanes) is 1. The summed E-state index contributed by atoms with van der Waals surface area (Å²) in [6.07, 6.45) is 2.62. The Bertz CT molecular complexity index is 319. The zero-order valence-electron chi connectivity index (χ0n) is 11.1. The molecule has 0 N–H and O–H groups in total. The van der Waals surface area contributed by atoms with Gasteiger partial charge in [-0.15, -0.1) is 0 Å². The Balaban J connectivity index is 2.25. The Hall–Kier alpha value is -1.05. The minimum Gasteiger partial charge on any atom is -0.349 e. The molecule has 0 amide bonds. The largest absolute Gasteiger partial charge is 0.349 e. The predicted molar refractivity (Wildman–Crippen MR) is 72.3 cm³/mol. The van der Waals surface area contributed by atoms with E-state index >= 15 is 0 Å².